The van der Waals surface area contributed by atoms with E-state index in [1.165, 1.54) is 0 Å². The molecule has 0 aliphatic rings. The molecule has 0 aromatic heterocycles. The third kappa shape index (κ3) is 5.59. The summed E-state index contributed by atoms with van der Waals surface area (Å²) in [6.45, 7) is 1.69. The molecule has 2 N–H and O–H groups in total. The molecule has 1 atom stereocenters. The predicted molar refractivity (Wildman–Crippen MR) is 114 cm³/mol. The summed E-state index contributed by atoms with van der Waals surface area (Å²) in [5.74, 6) is -0.238. The third-order valence-corrected chi connectivity index (χ3v) is 4.60. The Balaban J connectivity index is 1.64. The number of benzene rings is 3. The van der Waals surface area contributed by atoms with Crippen molar-refractivity contribution in [2.75, 3.05) is 11.9 Å². The fraction of sp³-hybridized carbons (Fsp3) is 0.130. The van der Waals surface area contributed by atoms with Crippen LogP contribution in [0.2, 0.25) is 5.02 Å². The first-order valence-corrected chi connectivity index (χ1v) is 9.54. The third-order valence-electron chi connectivity index (χ3n) is 4.29. The molecule has 0 bridgehead atoms. The van der Waals surface area contributed by atoms with Crippen LogP contribution >= 0.6 is 11.6 Å². The van der Waals surface area contributed by atoms with Crippen LogP contribution < -0.4 is 15.4 Å². The van der Waals surface area contributed by atoms with Crippen molar-refractivity contribution in [1.82, 2.24) is 5.32 Å². The molecular formula is C23H21ClN2O3. The summed E-state index contributed by atoms with van der Waals surface area (Å²) in [6.07, 6.45) is 0. The van der Waals surface area contributed by atoms with Crippen LogP contribution in [-0.2, 0) is 4.79 Å². The summed E-state index contributed by atoms with van der Waals surface area (Å²) >= 11 is 6.02. The number of ether oxygens (including phenoxy) is 1. The van der Waals surface area contributed by atoms with Crippen LogP contribution in [0.25, 0.3) is 0 Å². The first-order chi connectivity index (χ1) is 14.0. The van der Waals surface area contributed by atoms with Gasteiger partial charge in [-0.15, -0.1) is 0 Å². The van der Waals surface area contributed by atoms with Crippen molar-refractivity contribution < 1.29 is 14.3 Å². The van der Waals surface area contributed by atoms with Gasteiger partial charge >= 0.3 is 0 Å². The van der Waals surface area contributed by atoms with Gasteiger partial charge in [0.05, 0.1) is 22.3 Å². The number of amides is 2. The molecule has 3 aromatic carbocycles. The van der Waals surface area contributed by atoms with Gasteiger partial charge in [-0.2, -0.15) is 0 Å². The minimum absolute atomic E-state index is 0.170. The Hall–Kier alpha value is -3.31. The molecule has 6 heteroatoms. The molecule has 0 unspecified atom stereocenters. The maximum atomic E-state index is 12.7. The Bertz CT molecular complexity index is 992. The Morgan fingerprint density at radius 3 is 2.34 bits per heavy atom. The molecule has 5 nitrogen and oxygen atoms in total. The van der Waals surface area contributed by atoms with Crippen LogP contribution in [0.1, 0.15) is 28.9 Å². The van der Waals surface area contributed by atoms with Crippen molar-refractivity contribution in [2.45, 2.75) is 13.0 Å². The largest absolute Gasteiger partial charge is 0.482 e. The quantitative estimate of drug-likeness (QED) is 0.587. The van der Waals surface area contributed by atoms with E-state index in [9.17, 15) is 9.59 Å². The number of carbonyl (C=O) groups is 2. The maximum absolute atomic E-state index is 12.7. The molecule has 0 aliphatic carbocycles. The summed E-state index contributed by atoms with van der Waals surface area (Å²) in [5.41, 5.74) is 1.79. The highest BCUT2D eigenvalue weighted by molar-refractivity contribution is 6.32. The van der Waals surface area contributed by atoms with Crippen LogP contribution in [0.3, 0.4) is 0 Å². The molecule has 148 valence electrons. The average molecular weight is 409 g/mol. The zero-order valence-corrected chi connectivity index (χ0v) is 16.6. The van der Waals surface area contributed by atoms with E-state index in [-0.39, 0.29) is 24.5 Å². The normalized spacial score (nSPS) is 11.4. The second-order valence-electron chi connectivity index (χ2n) is 6.42. The van der Waals surface area contributed by atoms with Crippen molar-refractivity contribution >= 4 is 29.1 Å². The Labute approximate surface area is 174 Å². The van der Waals surface area contributed by atoms with Gasteiger partial charge < -0.3 is 15.4 Å². The first kappa shape index (κ1) is 20.4. The molecule has 0 fully saturated rings. The summed E-state index contributed by atoms with van der Waals surface area (Å²) < 4.78 is 5.45. The molecule has 3 aromatic rings. The summed E-state index contributed by atoms with van der Waals surface area (Å²) in [7, 11) is 0. The van der Waals surface area contributed by atoms with Gasteiger partial charge in [0, 0.05) is 0 Å². The second-order valence-corrected chi connectivity index (χ2v) is 6.83. The van der Waals surface area contributed by atoms with Crippen molar-refractivity contribution in [3.05, 3.63) is 95.0 Å². The number of anilines is 1. The number of rotatable bonds is 7. The molecule has 0 saturated carbocycles. The number of hydrogen-bond acceptors (Lipinski definition) is 3. The number of hydrogen-bond donors (Lipinski definition) is 2. The van der Waals surface area contributed by atoms with Gasteiger partial charge in [-0.25, -0.2) is 0 Å². The lowest BCUT2D eigenvalue weighted by Crippen LogP contribution is -2.28. The van der Waals surface area contributed by atoms with Crippen molar-refractivity contribution in [3.8, 4) is 5.75 Å². The number of halogens is 1. The number of nitrogens with one attached hydrogen (secondary N) is 2. The van der Waals surface area contributed by atoms with E-state index < -0.39 is 0 Å². The standard InChI is InChI=1S/C23H21ClN2O3/c1-16(17-9-3-2-4-10-17)25-23(28)18-11-5-7-13-20(18)26-22(27)15-29-21-14-8-6-12-19(21)24/h2-14,16H,15H2,1H3,(H,25,28)(H,26,27)/t16-/m0/s1. The highest BCUT2D eigenvalue weighted by atomic mass is 35.5. The lowest BCUT2D eigenvalue weighted by molar-refractivity contribution is -0.118. The average Bonchev–Trinajstić information content (AvgIpc) is 2.74. The van der Waals surface area contributed by atoms with E-state index in [1.54, 1.807) is 48.5 Å². The number of carbonyl (C=O) groups excluding carboxylic acids is 2. The lowest BCUT2D eigenvalue weighted by Gasteiger charge is -2.16. The van der Waals surface area contributed by atoms with Crippen LogP contribution in [0.5, 0.6) is 5.75 Å². The molecular weight excluding hydrogens is 388 g/mol. The smallest absolute Gasteiger partial charge is 0.262 e. The molecule has 3 rings (SSSR count). The van der Waals surface area contributed by atoms with Gasteiger partial charge in [0.1, 0.15) is 5.75 Å². The molecule has 0 saturated heterocycles. The SMILES string of the molecule is C[C@H](NC(=O)c1ccccc1NC(=O)COc1ccccc1Cl)c1ccccc1. The minimum atomic E-state index is -0.388. The van der Waals surface area contributed by atoms with Crippen molar-refractivity contribution in [1.29, 1.82) is 0 Å². The van der Waals surface area contributed by atoms with Crippen LogP contribution in [0, 0.1) is 0 Å². The van der Waals surface area contributed by atoms with Gasteiger partial charge in [-0.1, -0.05) is 66.2 Å². The van der Waals surface area contributed by atoms with E-state index in [4.69, 9.17) is 16.3 Å². The van der Waals surface area contributed by atoms with E-state index in [0.29, 0.717) is 22.0 Å². The lowest BCUT2D eigenvalue weighted by atomic mass is 10.1. The monoisotopic (exact) mass is 408 g/mol. The van der Waals surface area contributed by atoms with E-state index >= 15 is 0 Å². The summed E-state index contributed by atoms with van der Waals surface area (Å²) in [4.78, 5) is 25.0. The first-order valence-electron chi connectivity index (χ1n) is 9.16. The Morgan fingerprint density at radius 1 is 0.931 bits per heavy atom. The van der Waals surface area contributed by atoms with Crippen LogP contribution in [0.4, 0.5) is 5.69 Å². The van der Waals surface area contributed by atoms with E-state index in [1.807, 2.05) is 37.3 Å². The molecule has 29 heavy (non-hydrogen) atoms. The van der Waals surface area contributed by atoms with Crippen LogP contribution in [-0.4, -0.2) is 18.4 Å². The van der Waals surface area contributed by atoms with E-state index in [2.05, 4.69) is 10.6 Å². The van der Waals surface area contributed by atoms with E-state index in [0.717, 1.165) is 5.56 Å². The molecule has 0 radical (unpaired) electrons. The number of para-hydroxylation sites is 2. The van der Waals surface area contributed by atoms with Gasteiger partial charge in [-0.05, 0) is 36.8 Å². The van der Waals surface area contributed by atoms with Crippen LogP contribution in [0.15, 0.2) is 78.9 Å². The summed E-state index contributed by atoms with van der Waals surface area (Å²) in [6, 6.07) is 23.3. The second kappa shape index (κ2) is 9.75. The molecule has 0 aliphatic heterocycles. The topological polar surface area (TPSA) is 67.4 Å². The highest BCUT2D eigenvalue weighted by Gasteiger charge is 2.16. The van der Waals surface area contributed by atoms with Gasteiger partial charge in [-0.3, -0.25) is 9.59 Å². The Kier molecular flexibility index (Phi) is 6.87. The fourth-order valence-electron chi connectivity index (χ4n) is 2.78. The Morgan fingerprint density at radius 2 is 1.59 bits per heavy atom. The van der Waals surface area contributed by atoms with Crippen molar-refractivity contribution in [3.63, 3.8) is 0 Å². The molecule has 2 amide bonds. The predicted octanol–water partition coefficient (Wildman–Crippen LogP) is 4.85. The fourth-order valence-corrected chi connectivity index (χ4v) is 2.97. The highest BCUT2D eigenvalue weighted by Crippen LogP contribution is 2.23. The molecule has 0 spiro atoms. The van der Waals surface area contributed by atoms with Gasteiger partial charge in [0.25, 0.3) is 11.8 Å². The summed E-state index contributed by atoms with van der Waals surface area (Å²) in [5, 5.41) is 6.10. The molecule has 0 heterocycles. The zero-order valence-electron chi connectivity index (χ0n) is 15.9. The maximum Gasteiger partial charge on any atom is 0.262 e. The zero-order chi connectivity index (χ0) is 20.6. The van der Waals surface area contributed by atoms with Gasteiger partial charge in [0.2, 0.25) is 0 Å². The van der Waals surface area contributed by atoms with Crippen molar-refractivity contribution in [2.24, 2.45) is 0 Å². The van der Waals surface area contributed by atoms with Gasteiger partial charge in [0.15, 0.2) is 6.61 Å². The minimum Gasteiger partial charge on any atom is -0.482 e.